The molecule has 19 heavy (non-hydrogen) atoms. The lowest BCUT2D eigenvalue weighted by Crippen LogP contribution is -2.53. The second-order valence-corrected chi connectivity index (χ2v) is 5.99. The Morgan fingerprint density at radius 2 is 2.16 bits per heavy atom. The lowest BCUT2D eigenvalue weighted by molar-refractivity contribution is 0.110. The second kappa shape index (κ2) is 6.02. The molecule has 2 N–H and O–H groups in total. The number of nitrogens with zero attached hydrogens (tertiary/aromatic N) is 1. The molecule has 0 amide bonds. The molecule has 0 aliphatic heterocycles. The molecule has 1 aliphatic carbocycles. The van der Waals surface area contributed by atoms with Crippen LogP contribution < -0.4 is 5.73 Å². The maximum Gasteiger partial charge on any atom is 0.123 e. The molecule has 1 fully saturated rings. The molecule has 2 rings (SSSR count). The van der Waals surface area contributed by atoms with Crippen molar-refractivity contribution in [3.63, 3.8) is 0 Å². The molecule has 106 valence electrons. The predicted molar refractivity (Wildman–Crippen MR) is 77.5 cm³/mol. The van der Waals surface area contributed by atoms with Gasteiger partial charge in [0.2, 0.25) is 0 Å². The number of halogens is 1. The lowest BCUT2D eigenvalue weighted by Gasteiger charge is -2.40. The summed E-state index contributed by atoms with van der Waals surface area (Å²) >= 11 is 0. The van der Waals surface area contributed by atoms with E-state index < -0.39 is 0 Å². The van der Waals surface area contributed by atoms with E-state index in [1.165, 1.54) is 18.9 Å². The number of benzene rings is 1. The summed E-state index contributed by atoms with van der Waals surface area (Å²) < 4.78 is 13.3. The Kier molecular flexibility index (Phi) is 4.58. The van der Waals surface area contributed by atoms with Crippen LogP contribution in [0.1, 0.15) is 32.3 Å². The van der Waals surface area contributed by atoms with Gasteiger partial charge in [0.15, 0.2) is 0 Å². The van der Waals surface area contributed by atoms with Crippen molar-refractivity contribution in [2.45, 2.75) is 38.6 Å². The van der Waals surface area contributed by atoms with E-state index in [9.17, 15) is 4.39 Å². The highest BCUT2D eigenvalue weighted by molar-refractivity contribution is 5.19. The molecule has 0 heterocycles. The van der Waals surface area contributed by atoms with Gasteiger partial charge in [-0.05, 0) is 56.3 Å². The molecule has 1 aromatic rings. The van der Waals surface area contributed by atoms with Crippen molar-refractivity contribution in [2.24, 2.45) is 11.7 Å². The van der Waals surface area contributed by atoms with Crippen LogP contribution in [-0.2, 0) is 6.42 Å². The third-order valence-electron chi connectivity index (χ3n) is 4.23. The van der Waals surface area contributed by atoms with Gasteiger partial charge >= 0.3 is 0 Å². The first-order valence-corrected chi connectivity index (χ1v) is 7.27. The standard InChI is InChI=1S/C16H25FN2/c1-3-19(11-13-7-8-13)16(2,12-18)10-14-5-4-6-15(17)9-14/h4-6,9,13H,3,7-8,10-12,18H2,1-2H3. The first kappa shape index (κ1) is 14.5. The molecule has 0 bridgehead atoms. The van der Waals surface area contributed by atoms with Crippen LogP contribution in [0.5, 0.6) is 0 Å². The van der Waals surface area contributed by atoms with Crippen LogP contribution >= 0.6 is 0 Å². The number of nitrogens with two attached hydrogens (primary N) is 1. The monoisotopic (exact) mass is 264 g/mol. The van der Waals surface area contributed by atoms with Crippen LogP contribution in [0.3, 0.4) is 0 Å². The molecule has 0 radical (unpaired) electrons. The zero-order valence-corrected chi connectivity index (χ0v) is 12.0. The summed E-state index contributed by atoms with van der Waals surface area (Å²) in [5.41, 5.74) is 6.98. The normalized spacial score (nSPS) is 18.6. The fraction of sp³-hybridized carbons (Fsp3) is 0.625. The number of hydrogen-bond donors (Lipinski definition) is 1. The van der Waals surface area contributed by atoms with E-state index in [1.807, 2.05) is 6.07 Å². The number of likely N-dealkylation sites (N-methyl/N-ethyl adjacent to an activating group) is 1. The molecular weight excluding hydrogens is 239 g/mol. The maximum absolute atomic E-state index is 13.3. The van der Waals surface area contributed by atoms with Crippen molar-refractivity contribution < 1.29 is 4.39 Å². The van der Waals surface area contributed by atoms with E-state index in [2.05, 4.69) is 18.7 Å². The Morgan fingerprint density at radius 1 is 1.42 bits per heavy atom. The Bertz CT molecular complexity index is 417. The van der Waals surface area contributed by atoms with Gasteiger partial charge in [-0.25, -0.2) is 4.39 Å². The van der Waals surface area contributed by atoms with Crippen LogP contribution in [0.4, 0.5) is 4.39 Å². The average Bonchev–Trinajstić information content (AvgIpc) is 3.19. The van der Waals surface area contributed by atoms with E-state index in [0.29, 0.717) is 6.54 Å². The van der Waals surface area contributed by atoms with E-state index in [-0.39, 0.29) is 11.4 Å². The molecule has 1 unspecified atom stereocenters. The zero-order valence-electron chi connectivity index (χ0n) is 12.0. The van der Waals surface area contributed by atoms with E-state index >= 15 is 0 Å². The third-order valence-corrected chi connectivity index (χ3v) is 4.23. The minimum absolute atomic E-state index is 0.0782. The summed E-state index contributed by atoms with van der Waals surface area (Å²) in [6.07, 6.45) is 3.50. The SMILES string of the molecule is CCN(CC1CC1)C(C)(CN)Cc1cccc(F)c1. The van der Waals surface area contributed by atoms with Crippen molar-refractivity contribution in [2.75, 3.05) is 19.6 Å². The van der Waals surface area contributed by atoms with Crippen LogP contribution in [0.25, 0.3) is 0 Å². The van der Waals surface area contributed by atoms with Crippen LogP contribution in [0.15, 0.2) is 24.3 Å². The molecule has 0 saturated heterocycles. The highest BCUT2D eigenvalue weighted by atomic mass is 19.1. The van der Waals surface area contributed by atoms with Crippen molar-refractivity contribution in [1.29, 1.82) is 0 Å². The molecule has 1 aromatic carbocycles. The Hall–Kier alpha value is -0.930. The topological polar surface area (TPSA) is 29.3 Å². The van der Waals surface area contributed by atoms with Gasteiger partial charge in [0.05, 0.1) is 0 Å². The van der Waals surface area contributed by atoms with Crippen molar-refractivity contribution in [3.8, 4) is 0 Å². The van der Waals surface area contributed by atoms with E-state index in [1.54, 1.807) is 12.1 Å². The summed E-state index contributed by atoms with van der Waals surface area (Å²) in [4.78, 5) is 2.47. The molecular formula is C16H25FN2. The summed E-state index contributed by atoms with van der Waals surface area (Å²) in [5, 5.41) is 0. The smallest absolute Gasteiger partial charge is 0.123 e. The largest absolute Gasteiger partial charge is 0.329 e. The predicted octanol–water partition coefficient (Wildman–Crippen LogP) is 2.82. The first-order chi connectivity index (χ1) is 9.07. The summed E-state index contributed by atoms with van der Waals surface area (Å²) in [7, 11) is 0. The van der Waals surface area contributed by atoms with Gasteiger partial charge in [-0.1, -0.05) is 19.1 Å². The zero-order chi connectivity index (χ0) is 13.9. The summed E-state index contributed by atoms with van der Waals surface area (Å²) in [5.74, 6) is 0.681. The van der Waals surface area contributed by atoms with E-state index in [4.69, 9.17) is 5.73 Å². The van der Waals surface area contributed by atoms with E-state index in [0.717, 1.165) is 31.0 Å². The maximum atomic E-state index is 13.3. The van der Waals surface area contributed by atoms with Gasteiger partial charge in [-0.15, -0.1) is 0 Å². The Labute approximate surface area is 115 Å². The fourth-order valence-electron chi connectivity index (χ4n) is 2.74. The van der Waals surface area contributed by atoms with Crippen LogP contribution in [0.2, 0.25) is 0 Å². The van der Waals surface area contributed by atoms with Gasteiger partial charge in [0.1, 0.15) is 5.82 Å². The molecule has 0 aromatic heterocycles. The van der Waals surface area contributed by atoms with Crippen LogP contribution in [-0.4, -0.2) is 30.1 Å². The fourth-order valence-corrected chi connectivity index (χ4v) is 2.74. The first-order valence-electron chi connectivity index (χ1n) is 7.27. The van der Waals surface area contributed by atoms with Crippen molar-refractivity contribution >= 4 is 0 Å². The van der Waals surface area contributed by atoms with Crippen molar-refractivity contribution in [3.05, 3.63) is 35.6 Å². The van der Waals surface area contributed by atoms with Gasteiger partial charge in [-0.2, -0.15) is 0 Å². The Balaban J connectivity index is 2.10. The molecule has 1 aliphatic rings. The highest BCUT2D eigenvalue weighted by Crippen LogP contribution is 2.32. The minimum Gasteiger partial charge on any atom is -0.329 e. The quantitative estimate of drug-likeness (QED) is 0.820. The van der Waals surface area contributed by atoms with Gasteiger partial charge in [-0.3, -0.25) is 4.90 Å². The summed E-state index contributed by atoms with van der Waals surface area (Å²) in [6.45, 7) is 7.11. The van der Waals surface area contributed by atoms with Crippen LogP contribution in [0, 0.1) is 11.7 Å². The molecule has 1 saturated carbocycles. The number of hydrogen-bond acceptors (Lipinski definition) is 2. The summed E-state index contributed by atoms with van der Waals surface area (Å²) in [6, 6.07) is 6.88. The lowest BCUT2D eigenvalue weighted by atomic mass is 9.90. The average molecular weight is 264 g/mol. The van der Waals surface area contributed by atoms with Gasteiger partial charge < -0.3 is 5.73 Å². The second-order valence-electron chi connectivity index (χ2n) is 5.99. The molecule has 2 nitrogen and oxygen atoms in total. The minimum atomic E-state index is -0.165. The highest BCUT2D eigenvalue weighted by Gasteiger charge is 2.34. The Morgan fingerprint density at radius 3 is 2.68 bits per heavy atom. The third kappa shape index (κ3) is 3.77. The molecule has 1 atom stereocenters. The van der Waals surface area contributed by atoms with Gasteiger partial charge in [0, 0.05) is 18.6 Å². The molecule has 0 spiro atoms. The molecule has 3 heteroatoms. The van der Waals surface area contributed by atoms with Crippen molar-refractivity contribution in [1.82, 2.24) is 4.90 Å². The number of rotatable bonds is 7. The van der Waals surface area contributed by atoms with Gasteiger partial charge in [0.25, 0.3) is 0 Å².